The number of nitrogens with one attached hydrogen (secondary N) is 2. The standard InChI is InChI=1S/C23H24N4O2/c1-16(28)19-11-6-12-20(14-19)27-23(29)21-15-22(26-17(2)25-21)24-13-7-10-18-8-4-3-5-9-18/h3-6,8-9,11-12,14-15H,7,10,13H2,1-2H3,(H,27,29)(H,24,25,26). The van der Waals surface area contributed by atoms with Gasteiger partial charge in [-0.1, -0.05) is 42.5 Å². The average Bonchev–Trinajstić information content (AvgIpc) is 2.72. The van der Waals surface area contributed by atoms with Crippen LogP contribution in [0.25, 0.3) is 0 Å². The largest absolute Gasteiger partial charge is 0.370 e. The Balaban J connectivity index is 1.61. The van der Waals surface area contributed by atoms with Crippen LogP contribution < -0.4 is 10.6 Å². The Labute approximate surface area is 170 Å². The highest BCUT2D eigenvalue weighted by atomic mass is 16.2. The third kappa shape index (κ3) is 5.97. The summed E-state index contributed by atoms with van der Waals surface area (Å²) in [6.45, 7) is 3.99. The molecule has 6 heteroatoms. The lowest BCUT2D eigenvalue weighted by atomic mass is 10.1. The SMILES string of the molecule is CC(=O)c1cccc(NC(=O)c2cc(NCCCc3ccccc3)nc(C)n2)c1. The number of rotatable bonds is 8. The lowest BCUT2D eigenvalue weighted by molar-refractivity contribution is 0.100. The number of amides is 1. The molecule has 0 aliphatic rings. The van der Waals surface area contributed by atoms with Gasteiger partial charge in [-0.2, -0.15) is 0 Å². The number of aryl methyl sites for hydroxylation is 2. The van der Waals surface area contributed by atoms with Crippen molar-refractivity contribution in [3.63, 3.8) is 0 Å². The highest BCUT2D eigenvalue weighted by Gasteiger charge is 2.12. The first-order chi connectivity index (χ1) is 14.0. The Morgan fingerprint density at radius 1 is 0.966 bits per heavy atom. The third-order valence-corrected chi connectivity index (χ3v) is 4.39. The molecule has 1 heterocycles. The minimum atomic E-state index is -0.344. The smallest absolute Gasteiger partial charge is 0.274 e. The normalized spacial score (nSPS) is 10.4. The molecule has 0 aliphatic carbocycles. The van der Waals surface area contributed by atoms with E-state index < -0.39 is 0 Å². The molecule has 0 bridgehead atoms. The van der Waals surface area contributed by atoms with E-state index in [2.05, 4.69) is 32.7 Å². The van der Waals surface area contributed by atoms with Crippen molar-refractivity contribution >= 4 is 23.2 Å². The number of nitrogens with zero attached hydrogens (tertiary/aromatic N) is 2. The summed E-state index contributed by atoms with van der Waals surface area (Å²) < 4.78 is 0. The molecule has 1 amide bonds. The molecule has 0 saturated heterocycles. The summed E-state index contributed by atoms with van der Waals surface area (Å²) in [5.74, 6) is 0.735. The molecule has 3 rings (SSSR count). The van der Waals surface area contributed by atoms with Gasteiger partial charge in [-0.3, -0.25) is 9.59 Å². The molecule has 2 N–H and O–H groups in total. The number of benzene rings is 2. The Kier molecular flexibility index (Phi) is 6.68. The fourth-order valence-electron chi connectivity index (χ4n) is 2.94. The summed E-state index contributed by atoms with van der Waals surface area (Å²) in [7, 11) is 0. The Morgan fingerprint density at radius 3 is 2.52 bits per heavy atom. The number of carbonyl (C=O) groups is 2. The van der Waals surface area contributed by atoms with Crippen LogP contribution in [0.3, 0.4) is 0 Å². The van der Waals surface area contributed by atoms with Crippen molar-refractivity contribution in [2.75, 3.05) is 17.2 Å². The fraction of sp³-hybridized carbons (Fsp3) is 0.217. The van der Waals surface area contributed by atoms with Gasteiger partial charge in [0.1, 0.15) is 17.3 Å². The van der Waals surface area contributed by atoms with Gasteiger partial charge in [-0.15, -0.1) is 0 Å². The molecule has 1 aromatic heterocycles. The van der Waals surface area contributed by atoms with Crippen LogP contribution in [0.2, 0.25) is 0 Å². The van der Waals surface area contributed by atoms with Gasteiger partial charge in [0, 0.05) is 23.9 Å². The van der Waals surface area contributed by atoms with Crippen LogP contribution in [0, 0.1) is 6.92 Å². The van der Waals surface area contributed by atoms with E-state index in [-0.39, 0.29) is 17.4 Å². The molecule has 29 heavy (non-hydrogen) atoms. The van der Waals surface area contributed by atoms with Crippen molar-refractivity contribution in [2.45, 2.75) is 26.7 Å². The molecule has 0 fully saturated rings. The first-order valence-electron chi connectivity index (χ1n) is 9.57. The highest BCUT2D eigenvalue weighted by Crippen LogP contribution is 2.14. The van der Waals surface area contributed by atoms with Crippen molar-refractivity contribution in [1.29, 1.82) is 0 Å². The quantitative estimate of drug-likeness (QED) is 0.444. The van der Waals surface area contributed by atoms with Crippen molar-refractivity contribution in [3.05, 3.63) is 83.3 Å². The summed E-state index contributed by atoms with van der Waals surface area (Å²) in [6, 6.07) is 18.8. The van der Waals surface area contributed by atoms with Gasteiger partial charge in [0.2, 0.25) is 0 Å². The molecule has 6 nitrogen and oxygen atoms in total. The van der Waals surface area contributed by atoms with Crippen LogP contribution in [0.15, 0.2) is 60.7 Å². The summed E-state index contributed by atoms with van der Waals surface area (Å²) in [5, 5.41) is 6.05. The summed E-state index contributed by atoms with van der Waals surface area (Å²) in [4.78, 5) is 32.7. The summed E-state index contributed by atoms with van der Waals surface area (Å²) in [5.41, 5.74) is 2.66. The average molecular weight is 388 g/mol. The zero-order chi connectivity index (χ0) is 20.6. The maximum atomic E-state index is 12.6. The number of hydrogen-bond donors (Lipinski definition) is 2. The molecule has 0 unspecified atom stereocenters. The Bertz CT molecular complexity index is 1000. The van der Waals surface area contributed by atoms with Gasteiger partial charge in [-0.05, 0) is 44.4 Å². The number of ketones is 1. The fourth-order valence-corrected chi connectivity index (χ4v) is 2.94. The van der Waals surface area contributed by atoms with Gasteiger partial charge in [0.05, 0.1) is 0 Å². The second-order valence-corrected chi connectivity index (χ2v) is 6.79. The molecule has 148 valence electrons. The topological polar surface area (TPSA) is 84.0 Å². The summed E-state index contributed by atoms with van der Waals surface area (Å²) in [6.07, 6.45) is 1.92. The first kappa shape index (κ1) is 20.2. The second-order valence-electron chi connectivity index (χ2n) is 6.79. The Morgan fingerprint density at radius 2 is 1.76 bits per heavy atom. The van der Waals surface area contributed by atoms with Crippen LogP contribution in [-0.4, -0.2) is 28.2 Å². The van der Waals surface area contributed by atoms with Crippen molar-refractivity contribution in [1.82, 2.24) is 9.97 Å². The molecular formula is C23H24N4O2. The van der Waals surface area contributed by atoms with E-state index in [4.69, 9.17) is 0 Å². The zero-order valence-corrected chi connectivity index (χ0v) is 16.6. The first-order valence-corrected chi connectivity index (χ1v) is 9.57. The van der Waals surface area contributed by atoms with E-state index in [1.54, 1.807) is 37.3 Å². The molecule has 2 aromatic carbocycles. The number of anilines is 2. The maximum absolute atomic E-state index is 12.6. The number of hydrogen-bond acceptors (Lipinski definition) is 5. The van der Waals surface area contributed by atoms with E-state index in [1.807, 2.05) is 18.2 Å². The van der Waals surface area contributed by atoms with Crippen molar-refractivity contribution < 1.29 is 9.59 Å². The third-order valence-electron chi connectivity index (χ3n) is 4.39. The predicted molar refractivity (Wildman–Crippen MR) is 114 cm³/mol. The van der Waals surface area contributed by atoms with E-state index in [1.165, 1.54) is 12.5 Å². The lowest BCUT2D eigenvalue weighted by Crippen LogP contribution is -2.16. The minimum absolute atomic E-state index is 0.0547. The molecule has 0 aliphatic heterocycles. The van der Waals surface area contributed by atoms with Crippen LogP contribution in [0.4, 0.5) is 11.5 Å². The van der Waals surface area contributed by atoms with Gasteiger partial charge < -0.3 is 10.6 Å². The lowest BCUT2D eigenvalue weighted by Gasteiger charge is -2.10. The monoisotopic (exact) mass is 388 g/mol. The maximum Gasteiger partial charge on any atom is 0.274 e. The minimum Gasteiger partial charge on any atom is -0.370 e. The van der Waals surface area contributed by atoms with Gasteiger partial charge in [0.25, 0.3) is 5.91 Å². The number of aromatic nitrogens is 2. The Hall–Kier alpha value is -3.54. The van der Waals surface area contributed by atoms with E-state index in [0.29, 0.717) is 22.9 Å². The molecule has 0 spiro atoms. The van der Waals surface area contributed by atoms with Crippen LogP contribution >= 0.6 is 0 Å². The van der Waals surface area contributed by atoms with Crippen LogP contribution in [0.1, 0.15) is 45.6 Å². The van der Waals surface area contributed by atoms with Gasteiger partial charge >= 0.3 is 0 Å². The second kappa shape index (κ2) is 9.59. The molecule has 0 radical (unpaired) electrons. The zero-order valence-electron chi connectivity index (χ0n) is 16.6. The predicted octanol–water partition coefficient (Wildman–Crippen LogP) is 4.28. The molecule has 3 aromatic rings. The molecular weight excluding hydrogens is 364 g/mol. The van der Waals surface area contributed by atoms with Crippen molar-refractivity contribution in [2.24, 2.45) is 0 Å². The van der Waals surface area contributed by atoms with E-state index in [0.717, 1.165) is 19.4 Å². The van der Waals surface area contributed by atoms with Crippen molar-refractivity contribution in [3.8, 4) is 0 Å². The summed E-state index contributed by atoms with van der Waals surface area (Å²) >= 11 is 0. The molecule has 0 saturated carbocycles. The van der Waals surface area contributed by atoms with Crippen LogP contribution in [0.5, 0.6) is 0 Å². The molecule has 0 atom stereocenters. The number of Topliss-reactive ketones (excluding diaryl/α,β-unsaturated/α-hetero) is 1. The van der Waals surface area contributed by atoms with Gasteiger partial charge in [0.15, 0.2) is 5.78 Å². The van der Waals surface area contributed by atoms with E-state index in [9.17, 15) is 9.59 Å². The van der Waals surface area contributed by atoms with Crippen LogP contribution in [-0.2, 0) is 6.42 Å². The number of carbonyl (C=O) groups excluding carboxylic acids is 2. The van der Waals surface area contributed by atoms with Gasteiger partial charge in [-0.25, -0.2) is 9.97 Å². The van der Waals surface area contributed by atoms with E-state index >= 15 is 0 Å². The highest BCUT2D eigenvalue weighted by molar-refractivity contribution is 6.04.